The average Bonchev–Trinajstić information content (AvgIpc) is 2.98. The van der Waals surface area contributed by atoms with Crippen LogP contribution in [0.4, 0.5) is 5.13 Å². The van der Waals surface area contributed by atoms with Crippen molar-refractivity contribution in [3.05, 3.63) is 24.3 Å². The number of rotatable bonds is 4. The van der Waals surface area contributed by atoms with E-state index in [1.165, 1.54) is 16.3 Å². The van der Waals surface area contributed by atoms with E-state index < -0.39 is 0 Å². The van der Waals surface area contributed by atoms with Crippen LogP contribution in [0.3, 0.4) is 0 Å². The maximum Gasteiger partial charge on any atom is 0.258 e. The van der Waals surface area contributed by atoms with Gasteiger partial charge in [-0.15, -0.1) is 0 Å². The standard InChI is InChI=1S/C16H19N3OS/c1-10(2)8-9-12-11(3)18-19(15(12)20)16-17-13-6-4-5-7-14(13)21-16/h4-7,10,12H,8-9H2,1-3H3/t12-/m0/s1. The second kappa shape index (κ2) is 5.56. The van der Waals surface area contributed by atoms with Crippen LogP contribution in [0.15, 0.2) is 29.4 Å². The number of thiazole rings is 1. The Hall–Kier alpha value is -1.75. The first-order chi connectivity index (χ1) is 10.1. The van der Waals surface area contributed by atoms with Crippen LogP contribution in [-0.4, -0.2) is 16.6 Å². The second-order valence-electron chi connectivity index (χ2n) is 5.88. The number of fused-ring (bicyclic) bond motifs is 1. The summed E-state index contributed by atoms with van der Waals surface area (Å²) in [5.41, 5.74) is 1.82. The largest absolute Gasteiger partial charge is 0.272 e. The maximum atomic E-state index is 12.6. The Bertz CT molecular complexity index is 671. The van der Waals surface area contributed by atoms with Crippen molar-refractivity contribution in [1.29, 1.82) is 0 Å². The Labute approximate surface area is 128 Å². The average molecular weight is 301 g/mol. The van der Waals surface area contributed by atoms with E-state index in [9.17, 15) is 4.79 Å². The van der Waals surface area contributed by atoms with Gasteiger partial charge in [0, 0.05) is 5.71 Å². The number of nitrogens with zero attached hydrogens (tertiary/aromatic N) is 3. The summed E-state index contributed by atoms with van der Waals surface area (Å²) in [5, 5.41) is 6.61. The highest BCUT2D eigenvalue weighted by atomic mass is 32.1. The normalized spacial score (nSPS) is 18.9. The minimum Gasteiger partial charge on any atom is -0.272 e. The van der Waals surface area contributed by atoms with E-state index in [4.69, 9.17) is 0 Å². The predicted molar refractivity (Wildman–Crippen MR) is 87.8 cm³/mol. The minimum absolute atomic E-state index is 0.0622. The van der Waals surface area contributed by atoms with Crippen molar-refractivity contribution >= 4 is 38.3 Å². The van der Waals surface area contributed by atoms with Crippen LogP contribution in [0.1, 0.15) is 33.6 Å². The Morgan fingerprint density at radius 2 is 2.10 bits per heavy atom. The van der Waals surface area contributed by atoms with E-state index in [0.717, 1.165) is 28.8 Å². The molecule has 1 aliphatic rings. The second-order valence-corrected chi connectivity index (χ2v) is 6.89. The molecular weight excluding hydrogens is 282 g/mol. The lowest BCUT2D eigenvalue weighted by atomic mass is 9.94. The summed E-state index contributed by atoms with van der Waals surface area (Å²) in [4.78, 5) is 17.1. The molecule has 3 rings (SSSR count). The molecular formula is C16H19N3OS. The molecule has 110 valence electrons. The molecule has 2 heterocycles. The van der Waals surface area contributed by atoms with Crippen LogP contribution < -0.4 is 5.01 Å². The van der Waals surface area contributed by atoms with Crippen LogP contribution in [0.2, 0.25) is 0 Å². The third kappa shape index (κ3) is 2.70. The van der Waals surface area contributed by atoms with E-state index in [2.05, 4.69) is 23.9 Å². The summed E-state index contributed by atoms with van der Waals surface area (Å²) in [6.45, 7) is 6.30. The van der Waals surface area contributed by atoms with Gasteiger partial charge in [-0.3, -0.25) is 4.79 Å². The molecule has 0 fully saturated rings. The highest BCUT2D eigenvalue weighted by Gasteiger charge is 2.35. The summed E-state index contributed by atoms with van der Waals surface area (Å²) in [6, 6.07) is 7.92. The number of hydrogen-bond acceptors (Lipinski definition) is 4. The van der Waals surface area contributed by atoms with Crippen LogP contribution >= 0.6 is 11.3 Å². The molecule has 0 radical (unpaired) electrons. The van der Waals surface area contributed by atoms with Gasteiger partial charge in [-0.25, -0.2) is 4.98 Å². The molecule has 0 N–H and O–H groups in total. The number of anilines is 1. The number of carbonyl (C=O) groups excluding carboxylic acids is 1. The van der Waals surface area contributed by atoms with Crippen molar-refractivity contribution < 1.29 is 4.79 Å². The molecule has 5 heteroatoms. The van der Waals surface area contributed by atoms with E-state index in [1.54, 1.807) is 0 Å². The smallest absolute Gasteiger partial charge is 0.258 e. The number of hydrogen-bond donors (Lipinski definition) is 0. The summed E-state index contributed by atoms with van der Waals surface area (Å²) in [5.74, 6) is 0.578. The zero-order valence-electron chi connectivity index (χ0n) is 12.5. The van der Waals surface area contributed by atoms with Crippen molar-refractivity contribution in [3.8, 4) is 0 Å². The van der Waals surface area contributed by atoms with Crippen molar-refractivity contribution in [1.82, 2.24) is 4.98 Å². The molecule has 0 bridgehead atoms. The highest BCUT2D eigenvalue weighted by molar-refractivity contribution is 7.22. The van der Waals surface area contributed by atoms with Crippen molar-refractivity contribution in [3.63, 3.8) is 0 Å². The molecule has 0 saturated carbocycles. The fourth-order valence-electron chi connectivity index (χ4n) is 2.52. The summed E-state index contributed by atoms with van der Waals surface area (Å²) >= 11 is 1.51. The zero-order valence-corrected chi connectivity index (χ0v) is 13.4. The lowest BCUT2D eigenvalue weighted by molar-refractivity contribution is -0.119. The molecule has 0 unspecified atom stereocenters. The van der Waals surface area contributed by atoms with Gasteiger partial charge in [0.25, 0.3) is 5.91 Å². The molecule has 0 aliphatic carbocycles. The molecule has 21 heavy (non-hydrogen) atoms. The third-order valence-electron chi connectivity index (χ3n) is 3.77. The fourth-order valence-corrected chi connectivity index (χ4v) is 3.45. The van der Waals surface area contributed by atoms with Crippen molar-refractivity contribution in [2.45, 2.75) is 33.6 Å². The first-order valence-corrected chi connectivity index (χ1v) is 8.12. The van der Waals surface area contributed by atoms with Gasteiger partial charge in [-0.2, -0.15) is 10.1 Å². The number of benzene rings is 1. The van der Waals surface area contributed by atoms with Crippen LogP contribution in [0.5, 0.6) is 0 Å². The Balaban J connectivity index is 1.85. The predicted octanol–water partition coefficient (Wildman–Crippen LogP) is 4.07. The number of hydrazone groups is 1. The first-order valence-electron chi connectivity index (χ1n) is 7.31. The van der Waals surface area contributed by atoms with Crippen LogP contribution in [0.25, 0.3) is 10.2 Å². The molecule has 1 aliphatic heterocycles. The molecule has 1 amide bonds. The fraction of sp³-hybridized carbons (Fsp3) is 0.438. The molecule has 1 aromatic carbocycles. The van der Waals surface area contributed by atoms with E-state index in [0.29, 0.717) is 11.0 Å². The van der Waals surface area contributed by atoms with Crippen molar-refractivity contribution in [2.75, 3.05) is 5.01 Å². The van der Waals surface area contributed by atoms with Gasteiger partial charge in [-0.05, 0) is 37.8 Å². The molecule has 4 nitrogen and oxygen atoms in total. The summed E-state index contributed by atoms with van der Waals surface area (Å²) in [7, 11) is 0. The van der Waals surface area contributed by atoms with Gasteiger partial charge in [0.15, 0.2) is 0 Å². The lowest BCUT2D eigenvalue weighted by Gasteiger charge is -2.12. The third-order valence-corrected chi connectivity index (χ3v) is 4.78. The van der Waals surface area contributed by atoms with E-state index in [1.807, 2.05) is 31.2 Å². The summed E-state index contributed by atoms with van der Waals surface area (Å²) in [6.07, 6.45) is 1.91. The Morgan fingerprint density at radius 3 is 2.81 bits per heavy atom. The number of amides is 1. The first kappa shape index (κ1) is 14.2. The lowest BCUT2D eigenvalue weighted by Crippen LogP contribution is -2.27. The quantitative estimate of drug-likeness (QED) is 0.854. The number of para-hydroxylation sites is 1. The Kier molecular flexibility index (Phi) is 3.76. The topological polar surface area (TPSA) is 45.6 Å². The van der Waals surface area contributed by atoms with Crippen molar-refractivity contribution in [2.24, 2.45) is 16.9 Å². The van der Waals surface area contributed by atoms with Gasteiger partial charge >= 0.3 is 0 Å². The minimum atomic E-state index is -0.0839. The van der Waals surface area contributed by atoms with Gasteiger partial charge in [0.1, 0.15) is 0 Å². The summed E-state index contributed by atoms with van der Waals surface area (Å²) < 4.78 is 1.08. The van der Waals surface area contributed by atoms with Gasteiger partial charge in [0.05, 0.1) is 16.1 Å². The van der Waals surface area contributed by atoms with Gasteiger partial charge < -0.3 is 0 Å². The molecule has 1 atom stereocenters. The SMILES string of the molecule is CC1=NN(c2nc3ccccc3s2)C(=O)[C@H]1CCC(C)C. The number of aromatic nitrogens is 1. The highest BCUT2D eigenvalue weighted by Crippen LogP contribution is 2.33. The van der Waals surface area contributed by atoms with E-state index >= 15 is 0 Å². The molecule has 0 spiro atoms. The molecule has 2 aromatic rings. The van der Waals surface area contributed by atoms with Crippen LogP contribution in [-0.2, 0) is 4.79 Å². The number of carbonyl (C=O) groups is 1. The monoisotopic (exact) mass is 301 g/mol. The molecule has 0 saturated heterocycles. The van der Waals surface area contributed by atoms with Gasteiger partial charge in [0.2, 0.25) is 5.13 Å². The van der Waals surface area contributed by atoms with Crippen LogP contribution in [0, 0.1) is 11.8 Å². The van der Waals surface area contributed by atoms with E-state index in [-0.39, 0.29) is 11.8 Å². The van der Waals surface area contributed by atoms with Gasteiger partial charge in [-0.1, -0.05) is 37.3 Å². The zero-order chi connectivity index (χ0) is 15.0. The molecule has 1 aromatic heterocycles. The Morgan fingerprint density at radius 1 is 1.33 bits per heavy atom. The maximum absolute atomic E-state index is 12.6.